The number of likely N-dealkylation sites (N-methyl/N-ethyl adjacent to an activating group) is 1. The molecule has 1 rings (SSSR count). The summed E-state index contributed by atoms with van der Waals surface area (Å²) >= 11 is 0. The second-order valence-corrected chi connectivity index (χ2v) is 3.31. The molecule has 0 bridgehead atoms. The zero-order chi connectivity index (χ0) is 9.14. The van der Waals surface area contributed by atoms with Crippen molar-refractivity contribution in [3.05, 3.63) is 0 Å². The van der Waals surface area contributed by atoms with Crippen LogP contribution < -0.4 is 5.32 Å². The van der Waals surface area contributed by atoms with Gasteiger partial charge >= 0.3 is 0 Å². The summed E-state index contributed by atoms with van der Waals surface area (Å²) in [4.78, 5) is 13.5. The molecule has 1 amide bonds. The number of carbonyl (C=O) groups is 1. The Morgan fingerprint density at radius 2 is 2.17 bits per heavy atom. The van der Waals surface area contributed by atoms with Gasteiger partial charge in [0, 0.05) is 6.54 Å². The Morgan fingerprint density at radius 3 is 2.58 bits per heavy atom. The molecule has 1 saturated heterocycles. The topological polar surface area (TPSA) is 32.3 Å². The van der Waals surface area contributed by atoms with Gasteiger partial charge in [0.05, 0.1) is 12.2 Å². The predicted octanol–water partition coefficient (Wildman–Crippen LogP) is 0.953. The summed E-state index contributed by atoms with van der Waals surface area (Å²) in [6, 6.07) is 0.0740. The number of rotatable bonds is 3. The first-order valence-electron chi connectivity index (χ1n) is 4.77. The van der Waals surface area contributed by atoms with Crippen LogP contribution in [0, 0.1) is 0 Å². The number of carbonyl (C=O) groups excluding carboxylic acids is 1. The van der Waals surface area contributed by atoms with Crippen LogP contribution in [0.2, 0.25) is 0 Å². The minimum absolute atomic E-state index is 0.0740. The molecule has 1 aliphatic rings. The lowest BCUT2D eigenvalue weighted by Gasteiger charge is -2.17. The third-order valence-corrected chi connectivity index (χ3v) is 2.41. The van der Waals surface area contributed by atoms with Gasteiger partial charge in [0.25, 0.3) is 0 Å². The van der Waals surface area contributed by atoms with Gasteiger partial charge in [0.15, 0.2) is 0 Å². The molecule has 1 N–H and O–H groups in total. The second-order valence-electron chi connectivity index (χ2n) is 3.31. The van der Waals surface area contributed by atoms with Crippen LogP contribution in [-0.2, 0) is 4.79 Å². The molecule has 1 fully saturated rings. The van der Waals surface area contributed by atoms with Crippen LogP contribution in [0.1, 0.15) is 33.6 Å². The van der Waals surface area contributed by atoms with Gasteiger partial charge in [0.1, 0.15) is 0 Å². The molecule has 2 atom stereocenters. The van der Waals surface area contributed by atoms with Crippen molar-refractivity contribution in [3.63, 3.8) is 0 Å². The van der Waals surface area contributed by atoms with Crippen molar-refractivity contribution in [2.45, 2.75) is 45.8 Å². The number of hydrogen-bond acceptors (Lipinski definition) is 2. The highest BCUT2D eigenvalue weighted by Crippen LogP contribution is 2.13. The number of nitrogens with zero attached hydrogens (tertiary/aromatic N) is 1. The zero-order valence-corrected chi connectivity index (χ0v) is 8.13. The predicted molar refractivity (Wildman–Crippen MR) is 48.7 cm³/mol. The lowest BCUT2D eigenvalue weighted by molar-refractivity contribution is -0.129. The van der Waals surface area contributed by atoms with Crippen LogP contribution in [-0.4, -0.2) is 29.6 Å². The van der Waals surface area contributed by atoms with Crippen LogP contribution in [0.15, 0.2) is 0 Å². The van der Waals surface area contributed by atoms with E-state index in [1.165, 1.54) is 0 Å². The lowest BCUT2D eigenvalue weighted by atomic mass is 10.2. The monoisotopic (exact) mass is 170 g/mol. The van der Waals surface area contributed by atoms with Crippen LogP contribution in [0.5, 0.6) is 0 Å². The minimum Gasteiger partial charge on any atom is -0.326 e. The first kappa shape index (κ1) is 9.52. The summed E-state index contributed by atoms with van der Waals surface area (Å²) in [7, 11) is 0. The lowest BCUT2D eigenvalue weighted by Crippen LogP contribution is -2.34. The third kappa shape index (κ3) is 1.61. The molecule has 0 saturated carbocycles. The summed E-state index contributed by atoms with van der Waals surface area (Å²) in [5, 5.41) is 3.28. The molecular weight excluding hydrogens is 152 g/mol. The molecule has 1 aliphatic heterocycles. The Kier molecular flexibility index (Phi) is 3.09. The first-order valence-corrected chi connectivity index (χ1v) is 4.77. The molecule has 0 radical (unpaired) electrons. The SMILES string of the molecule is CCCC1NC(C)N(CC)C1=O. The summed E-state index contributed by atoms with van der Waals surface area (Å²) < 4.78 is 0. The van der Waals surface area contributed by atoms with Crippen molar-refractivity contribution in [3.8, 4) is 0 Å². The first-order chi connectivity index (χ1) is 5.70. The fraction of sp³-hybridized carbons (Fsp3) is 0.889. The average molecular weight is 170 g/mol. The van der Waals surface area contributed by atoms with Crippen molar-refractivity contribution < 1.29 is 4.79 Å². The smallest absolute Gasteiger partial charge is 0.240 e. The largest absolute Gasteiger partial charge is 0.326 e. The van der Waals surface area contributed by atoms with Gasteiger partial charge in [-0.05, 0) is 20.3 Å². The summed E-state index contributed by atoms with van der Waals surface area (Å²) in [6.45, 7) is 6.98. The minimum atomic E-state index is 0.0740. The fourth-order valence-electron chi connectivity index (χ4n) is 1.77. The molecule has 1 heterocycles. The van der Waals surface area contributed by atoms with Gasteiger partial charge in [-0.1, -0.05) is 13.3 Å². The molecule has 2 unspecified atom stereocenters. The molecule has 0 aliphatic carbocycles. The van der Waals surface area contributed by atoms with E-state index < -0.39 is 0 Å². The Labute approximate surface area is 74.1 Å². The average Bonchev–Trinajstić information content (AvgIpc) is 2.29. The molecule has 0 aromatic carbocycles. The van der Waals surface area contributed by atoms with E-state index in [0.29, 0.717) is 0 Å². The van der Waals surface area contributed by atoms with Gasteiger partial charge in [0.2, 0.25) is 5.91 Å². The molecule has 70 valence electrons. The van der Waals surface area contributed by atoms with Gasteiger partial charge in [-0.15, -0.1) is 0 Å². The number of hydrogen-bond donors (Lipinski definition) is 1. The standard InChI is InChI=1S/C9H18N2O/c1-4-6-8-9(12)11(5-2)7(3)10-8/h7-8,10H,4-6H2,1-3H3. The van der Waals surface area contributed by atoms with Crippen molar-refractivity contribution in [2.24, 2.45) is 0 Å². The van der Waals surface area contributed by atoms with Crippen LogP contribution >= 0.6 is 0 Å². The van der Waals surface area contributed by atoms with E-state index >= 15 is 0 Å². The Balaban J connectivity index is 2.56. The van der Waals surface area contributed by atoms with Gasteiger partial charge < -0.3 is 4.90 Å². The zero-order valence-electron chi connectivity index (χ0n) is 8.13. The Morgan fingerprint density at radius 1 is 1.50 bits per heavy atom. The summed E-state index contributed by atoms with van der Waals surface area (Å²) in [5.74, 6) is 0.270. The van der Waals surface area contributed by atoms with Crippen molar-refractivity contribution in [1.29, 1.82) is 0 Å². The van der Waals surface area contributed by atoms with Crippen molar-refractivity contribution in [2.75, 3.05) is 6.54 Å². The highest BCUT2D eigenvalue weighted by Gasteiger charge is 2.34. The van der Waals surface area contributed by atoms with Crippen LogP contribution in [0.25, 0.3) is 0 Å². The summed E-state index contributed by atoms with van der Waals surface area (Å²) in [5.41, 5.74) is 0. The maximum absolute atomic E-state index is 11.6. The Hall–Kier alpha value is -0.570. The van der Waals surface area contributed by atoms with Crippen molar-refractivity contribution in [1.82, 2.24) is 10.2 Å². The van der Waals surface area contributed by atoms with Crippen LogP contribution in [0.4, 0.5) is 0 Å². The van der Waals surface area contributed by atoms with E-state index in [2.05, 4.69) is 12.2 Å². The number of amides is 1. The molecule has 3 heteroatoms. The van der Waals surface area contributed by atoms with E-state index in [4.69, 9.17) is 0 Å². The highest BCUT2D eigenvalue weighted by atomic mass is 16.2. The molecule has 0 spiro atoms. The second kappa shape index (κ2) is 3.90. The fourth-order valence-corrected chi connectivity index (χ4v) is 1.77. The van der Waals surface area contributed by atoms with Gasteiger partial charge in [-0.2, -0.15) is 0 Å². The van der Waals surface area contributed by atoms with Crippen molar-refractivity contribution >= 4 is 5.91 Å². The summed E-state index contributed by atoms with van der Waals surface area (Å²) in [6.07, 6.45) is 2.24. The third-order valence-electron chi connectivity index (χ3n) is 2.41. The van der Waals surface area contributed by atoms with Gasteiger partial charge in [-0.3, -0.25) is 10.1 Å². The maximum Gasteiger partial charge on any atom is 0.240 e. The normalized spacial score (nSPS) is 29.9. The molecule has 0 aromatic rings. The van der Waals surface area contributed by atoms with E-state index in [0.717, 1.165) is 19.4 Å². The van der Waals surface area contributed by atoms with E-state index in [9.17, 15) is 4.79 Å². The number of nitrogens with one attached hydrogen (secondary N) is 1. The Bertz CT molecular complexity index is 170. The van der Waals surface area contributed by atoms with E-state index in [1.54, 1.807) is 0 Å². The van der Waals surface area contributed by atoms with E-state index in [1.807, 2.05) is 18.7 Å². The quantitative estimate of drug-likeness (QED) is 0.684. The molecule has 3 nitrogen and oxygen atoms in total. The molecular formula is C9H18N2O. The van der Waals surface area contributed by atoms with Crippen LogP contribution in [0.3, 0.4) is 0 Å². The molecule has 12 heavy (non-hydrogen) atoms. The van der Waals surface area contributed by atoms with Gasteiger partial charge in [-0.25, -0.2) is 0 Å². The van der Waals surface area contributed by atoms with E-state index in [-0.39, 0.29) is 18.1 Å². The maximum atomic E-state index is 11.6. The molecule has 0 aromatic heterocycles. The highest BCUT2D eigenvalue weighted by molar-refractivity contribution is 5.84.